The van der Waals surface area contributed by atoms with Crippen LogP contribution in [0, 0.1) is 0 Å². The van der Waals surface area contributed by atoms with Crippen LogP contribution in [0.5, 0.6) is 5.75 Å². The highest BCUT2D eigenvalue weighted by molar-refractivity contribution is 5.28. The van der Waals surface area contributed by atoms with E-state index in [0.717, 1.165) is 17.7 Å². The third-order valence-electron chi connectivity index (χ3n) is 2.43. The fraction of sp³-hybridized carbons (Fsp3) is 0.538. The highest BCUT2D eigenvalue weighted by Gasteiger charge is 2.05. The summed E-state index contributed by atoms with van der Waals surface area (Å²) in [5.41, 5.74) is 0.900. The molecule has 1 rings (SSSR count). The summed E-state index contributed by atoms with van der Waals surface area (Å²) in [5.74, 6) is 0.827. The number of rotatable bonds is 6. The molecule has 3 nitrogen and oxygen atoms in total. The van der Waals surface area contributed by atoms with Gasteiger partial charge in [0, 0.05) is 20.1 Å². The van der Waals surface area contributed by atoms with Gasteiger partial charge in [-0.05, 0) is 31.5 Å². The van der Waals surface area contributed by atoms with Gasteiger partial charge >= 0.3 is 0 Å². The van der Waals surface area contributed by atoms with Gasteiger partial charge in [0.2, 0.25) is 0 Å². The van der Waals surface area contributed by atoms with Crippen LogP contribution >= 0.6 is 0 Å². The van der Waals surface area contributed by atoms with E-state index in [0.29, 0.717) is 6.61 Å². The summed E-state index contributed by atoms with van der Waals surface area (Å²) in [5, 5.41) is 9.36. The first-order valence-electron chi connectivity index (χ1n) is 5.57. The fourth-order valence-electron chi connectivity index (χ4n) is 1.40. The predicted molar refractivity (Wildman–Crippen MR) is 63.7 cm³/mol. The minimum Gasteiger partial charge on any atom is -0.491 e. The van der Waals surface area contributed by atoms with Crippen molar-refractivity contribution >= 4 is 0 Å². The minimum atomic E-state index is -0.431. The summed E-state index contributed by atoms with van der Waals surface area (Å²) >= 11 is 0. The smallest absolute Gasteiger partial charge is 0.119 e. The van der Waals surface area contributed by atoms with E-state index < -0.39 is 6.10 Å². The van der Waals surface area contributed by atoms with Crippen LogP contribution in [0.3, 0.4) is 0 Å². The van der Waals surface area contributed by atoms with Crippen molar-refractivity contribution < 1.29 is 14.6 Å². The lowest BCUT2D eigenvalue weighted by atomic mass is 10.1. The second kappa shape index (κ2) is 6.51. The van der Waals surface area contributed by atoms with E-state index in [9.17, 15) is 5.11 Å². The molecule has 0 fully saturated rings. The first-order valence-corrected chi connectivity index (χ1v) is 5.57. The Morgan fingerprint density at radius 1 is 1.19 bits per heavy atom. The predicted octanol–water partition coefficient (Wildman–Crippen LogP) is 2.54. The summed E-state index contributed by atoms with van der Waals surface area (Å²) in [7, 11) is 1.68. The molecule has 1 N–H and O–H groups in total. The summed E-state index contributed by atoms with van der Waals surface area (Å²) in [6, 6.07) is 7.52. The number of benzene rings is 1. The summed E-state index contributed by atoms with van der Waals surface area (Å²) in [6.45, 7) is 4.46. The topological polar surface area (TPSA) is 38.7 Å². The molecule has 0 saturated carbocycles. The Bertz CT molecular complexity index is 293. The van der Waals surface area contributed by atoms with E-state index in [-0.39, 0.29) is 6.10 Å². The maximum absolute atomic E-state index is 9.36. The van der Waals surface area contributed by atoms with Gasteiger partial charge in [0.25, 0.3) is 0 Å². The molecule has 0 bridgehead atoms. The Morgan fingerprint density at radius 3 is 2.31 bits per heavy atom. The normalized spacial score (nSPS) is 14.5. The standard InChI is InChI=1S/C13H20O3/c1-10(8-9-15-3)16-13-6-4-12(5-7-13)11(2)14/h4-7,10-11,14H,8-9H2,1-3H3/t10?,11-/m1/s1. The third kappa shape index (κ3) is 4.21. The fourth-order valence-corrected chi connectivity index (χ4v) is 1.40. The van der Waals surface area contributed by atoms with Crippen LogP contribution in [0.4, 0.5) is 0 Å². The molecule has 0 radical (unpaired) electrons. The highest BCUT2D eigenvalue weighted by atomic mass is 16.5. The van der Waals surface area contributed by atoms with Crippen molar-refractivity contribution in [3.05, 3.63) is 29.8 Å². The maximum Gasteiger partial charge on any atom is 0.119 e. The van der Waals surface area contributed by atoms with Gasteiger partial charge in [0.15, 0.2) is 0 Å². The van der Waals surface area contributed by atoms with Gasteiger partial charge in [-0.3, -0.25) is 0 Å². The average Bonchev–Trinajstić information content (AvgIpc) is 2.27. The molecule has 0 aromatic heterocycles. The lowest BCUT2D eigenvalue weighted by molar-refractivity contribution is 0.135. The van der Waals surface area contributed by atoms with E-state index in [4.69, 9.17) is 9.47 Å². The van der Waals surface area contributed by atoms with Crippen LogP contribution in [-0.2, 0) is 4.74 Å². The maximum atomic E-state index is 9.36. The Morgan fingerprint density at radius 2 is 1.81 bits per heavy atom. The van der Waals surface area contributed by atoms with Crippen molar-refractivity contribution in [3.8, 4) is 5.75 Å². The first kappa shape index (κ1) is 13.0. The van der Waals surface area contributed by atoms with E-state index in [1.807, 2.05) is 31.2 Å². The van der Waals surface area contributed by atoms with Crippen molar-refractivity contribution in [3.63, 3.8) is 0 Å². The average molecular weight is 224 g/mol. The van der Waals surface area contributed by atoms with Crippen LogP contribution in [0.2, 0.25) is 0 Å². The Kier molecular flexibility index (Phi) is 5.29. The molecule has 2 atom stereocenters. The number of ether oxygens (including phenoxy) is 2. The molecular weight excluding hydrogens is 204 g/mol. The Labute approximate surface area is 97.0 Å². The Hall–Kier alpha value is -1.06. The van der Waals surface area contributed by atoms with Gasteiger partial charge in [-0.15, -0.1) is 0 Å². The van der Waals surface area contributed by atoms with Crippen LogP contribution in [0.1, 0.15) is 31.9 Å². The van der Waals surface area contributed by atoms with Gasteiger partial charge in [0.1, 0.15) is 5.75 Å². The molecule has 0 saturated heterocycles. The largest absolute Gasteiger partial charge is 0.491 e. The van der Waals surface area contributed by atoms with Gasteiger partial charge in [0.05, 0.1) is 12.2 Å². The number of hydrogen-bond donors (Lipinski definition) is 1. The second-order valence-electron chi connectivity index (χ2n) is 3.95. The lowest BCUT2D eigenvalue weighted by Gasteiger charge is -2.14. The van der Waals surface area contributed by atoms with Crippen LogP contribution in [0.25, 0.3) is 0 Å². The van der Waals surface area contributed by atoms with Crippen molar-refractivity contribution in [2.45, 2.75) is 32.5 Å². The van der Waals surface area contributed by atoms with E-state index in [1.54, 1.807) is 14.0 Å². The van der Waals surface area contributed by atoms with E-state index >= 15 is 0 Å². The SMILES string of the molecule is COCCC(C)Oc1ccc([C@@H](C)O)cc1. The quantitative estimate of drug-likeness (QED) is 0.807. The van der Waals surface area contributed by atoms with Gasteiger partial charge in [-0.1, -0.05) is 12.1 Å². The molecule has 1 aromatic rings. The van der Waals surface area contributed by atoms with Crippen molar-refractivity contribution in [1.82, 2.24) is 0 Å². The monoisotopic (exact) mass is 224 g/mol. The number of hydrogen-bond acceptors (Lipinski definition) is 3. The van der Waals surface area contributed by atoms with E-state index in [2.05, 4.69) is 0 Å². The van der Waals surface area contributed by atoms with Crippen molar-refractivity contribution in [2.24, 2.45) is 0 Å². The van der Waals surface area contributed by atoms with Crippen molar-refractivity contribution in [1.29, 1.82) is 0 Å². The highest BCUT2D eigenvalue weighted by Crippen LogP contribution is 2.18. The van der Waals surface area contributed by atoms with Crippen molar-refractivity contribution in [2.75, 3.05) is 13.7 Å². The van der Waals surface area contributed by atoms with Gasteiger partial charge in [-0.25, -0.2) is 0 Å². The number of aliphatic hydroxyl groups excluding tert-OH is 1. The summed E-state index contributed by atoms with van der Waals surface area (Å²) in [6.07, 6.45) is 0.576. The zero-order chi connectivity index (χ0) is 12.0. The Balaban J connectivity index is 2.48. The first-order chi connectivity index (χ1) is 7.63. The minimum absolute atomic E-state index is 0.136. The molecule has 3 heteroatoms. The number of aliphatic hydroxyl groups is 1. The van der Waals surface area contributed by atoms with Gasteiger partial charge in [-0.2, -0.15) is 0 Å². The molecule has 0 heterocycles. The van der Waals surface area contributed by atoms with Crippen LogP contribution in [0.15, 0.2) is 24.3 Å². The molecule has 0 aliphatic heterocycles. The molecule has 0 spiro atoms. The number of methoxy groups -OCH3 is 1. The van der Waals surface area contributed by atoms with Crippen LogP contribution < -0.4 is 4.74 Å². The van der Waals surface area contributed by atoms with E-state index in [1.165, 1.54) is 0 Å². The van der Waals surface area contributed by atoms with Crippen LogP contribution in [-0.4, -0.2) is 24.9 Å². The van der Waals surface area contributed by atoms with Gasteiger partial charge < -0.3 is 14.6 Å². The zero-order valence-corrected chi connectivity index (χ0v) is 10.1. The molecule has 1 unspecified atom stereocenters. The molecule has 16 heavy (non-hydrogen) atoms. The molecule has 0 aliphatic carbocycles. The molecule has 0 aliphatic rings. The molecular formula is C13H20O3. The zero-order valence-electron chi connectivity index (χ0n) is 10.1. The molecule has 0 amide bonds. The molecule has 90 valence electrons. The lowest BCUT2D eigenvalue weighted by Crippen LogP contribution is -2.14. The second-order valence-corrected chi connectivity index (χ2v) is 3.95. The third-order valence-corrected chi connectivity index (χ3v) is 2.43. The summed E-state index contributed by atoms with van der Waals surface area (Å²) in [4.78, 5) is 0. The molecule has 1 aromatic carbocycles. The summed E-state index contributed by atoms with van der Waals surface area (Å²) < 4.78 is 10.7.